The first-order valence-corrected chi connectivity index (χ1v) is 8.57. The minimum atomic E-state index is 0.607. The molecule has 1 aromatic rings. The molecule has 1 saturated heterocycles. The molecule has 1 aromatic heterocycles. The van der Waals surface area contributed by atoms with E-state index in [-0.39, 0.29) is 0 Å². The molecule has 1 aliphatic carbocycles. The normalized spacial score (nSPS) is 20.7. The molecule has 3 rings (SSSR count). The number of thiazole rings is 1. The van der Waals surface area contributed by atoms with E-state index in [4.69, 9.17) is 0 Å². The highest BCUT2D eigenvalue weighted by Crippen LogP contribution is 2.47. The summed E-state index contributed by atoms with van der Waals surface area (Å²) >= 11 is 1.68. The highest BCUT2D eigenvalue weighted by atomic mass is 32.1. The zero-order valence-electron chi connectivity index (χ0n) is 13.2. The maximum absolute atomic E-state index is 4.61. The molecule has 1 saturated carbocycles. The van der Waals surface area contributed by atoms with Crippen LogP contribution in [0, 0.1) is 5.41 Å². The van der Waals surface area contributed by atoms with E-state index < -0.39 is 0 Å². The molecule has 2 heterocycles. The fraction of sp³-hybridized carbons (Fsp3) is 0.733. The Morgan fingerprint density at radius 1 is 1.48 bits per heavy atom. The topological polar surface area (TPSA) is 43.8 Å². The summed E-state index contributed by atoms with van der Waals surface area (Å²) in [6.45, 7) is 3.06. The molecular weight excluding hydrogens is 282 g/mol. The number of nitrogens with zero attached hydrogens (tertiary/aromatic N) is 4. The van der Waals surface area contributed by atoms with Crippen molar-refractivity contribution >= 4 is 22.4 Å². The van der Waals surface area contributed by atoms with Gasteiger partial charge in [-0.05, 0) is 24.7 Å². The largest absolute Gasteiger partial charge is 0.354 e. The van der Waals surface area contributed by atoms with Gasteiger partial charge in [0, 0.05) is 39.6 Å². The van der Waals surface area contributed by atoms with Crippen molar-refractivity contribution in [1.82, 2.24) is 15.2 Å². The summed E-state index contributed by atoms with van der Waals surface area (Å²) in [5.41, 5.74) is 1.69. The predicted octanol–water partition coefficient (Wildman–Crippen LogP) is 2.16. The molecule has 0 unspecified atom stereocenters. The molecule has 2 aliphatic rings. The number of guanidine groups is 1. The summed E-state index contributed by atoms with van der Waals surface area (Å²) in [6, 6.07) is 0. The number of rotatable bonds is 3. The molecule has 2 fully saturated rings. The van der Waals surface area contributed by atoms with Crippen LogP contribution in [0.3, 0.4) is 0 Å². The molecule has 116 valence electrons. The summed E-state index contributed by atoms with van der Waals surface area (Å²) in [7, 11) is 5.93. The van der Waals surface area contributed by atoms with Crippen molar-refractivity contribution in [2.75, 3.05) is 39.1 Å². The molecule has 0 bridgehead atoms. The molecule has 21 heavy (non-hydrogen) atoms. The van der Waals surface area contributed by atoms with Gasteiger partial charge in [0.05, 0.1) is 12.2 Å². The summed E-state index contributed by atoms with van der Waals surface area (Å²) < 4.78 is 0. The number of hydrogen-bond donors (Lipinski definition) is 1. The van der Waals surface area contributed by atoms with Gasteiger partial charge in [0.15, 0.2) is 11.1 Å². The predicted molar refractivity (Wildman–Crippen MR) is 89.1 cm³/mol. The Morgan fingerprint density at radius 3 is 2.81 bits per heavy atom. The number of aromatic nitrogens is 1. The summed E-state index contributed by atoms with van der Waals surface area (Å²) in [4.78, 5) is 13.5. The lowest BCUT2D eigenvalue weighted by Crippen LogP contribution is -2.42. The second-order valence-corrected chi connectivity index (χ2v) is 7.28. The third-order valence-electron chi connectivity index (χ3n) is 4.71. The molecule has 0 amide bonds. The van der Waals surface area contributed by atoms with Crippen molar-refractivity contribution in [3.63, 3.8) is 0 Å². The molecule has 1 aliphatic heterocycles. The van der Waals surface area contributed by atoms with Crippen LogP contribution < -0.4 is 10.2 Å². The Bertz CT molecular complexity index is 518. The minimum absolute atomic E-state index is 0.607. The van der Waals surface area contributed by atoms with Crippen LogP contribution in [-0.2, 0) is 6.54 Å². The Kier molecular flexibility index (Phi) is 4.06. The van der Waals surface area contributed by atoms with Crippen LogP contribution in [0.5, 0.6) is 0 Å². The third-order valence-corrected chi connectivity index (χ3v) is 5.77. The first-order chi connectivity index (χ1) is 10.1. The van der Waals surface area contributed by atoms with E-state index in [0.29, 0.717) is 5.41 Å². The number of hydrogen-bond acceptors (Lipinski definition) is 4. The quantitative estimate of drug-likeness (QED) is 0.686. The van der Waals surface area contributed by atoms with Gasteiger partial charge in [-0.3, -0.25) is 4.99 Å². The zero-order valence-corrected chi connectivity index (χ0v) is 14.0. The van der Waals surface area contributed by atoms with Crippen LogP contribution in [0.2, 0.25) is 0 Å². The van der Waals surface area contributed by atoms with E-state index in [1.54, 1.807) is 11.3 Å². The first kappa shape index (κ1) is 14.6. The number of likely N-dealkylation sites (tertiary alicyclic amines) is 1. The van der Waals surface area contributed by atoms with Crippen molar-refractivity contribution in [3.8, 4) is 0 Å². The lowest BCUT2D eigenvalue weighted by Gasteiger charge is -2.38. The van der Waals surface area contributed by atoms with E-state index in [0.717, 1.165) is 29.9 Å². The second-order valence-electron chi connectivity index (χ2n) is 6.44. The molecule has 0 radical (unpaired) electrons. The summed E-state index contributed by atoms with van der Waals surface area (Å²) in [5.74, 6) is 1.03. The monoisotopic (exact) mass is 307 g/mol. The van der Waals surface area contributed by atoms with Crippen LogP contribution in [0.4, 0.5) is 5.13 Å². The molecule has 5 nitrogen and oxygen atoms in total. The van der Waals surface area contributed by atoms with E-state index in [1.165, 1.54) is 32.2 Å². The van der Waals surface area contributed by atoms with Crippen LogP contribution >= 0.6 is 11.3 Å². The van der Waals surface area contributed by atoms with Crippen molar-refractivity contribution in [2.45, 2.75) is 32.2 Å². The average molecular weight is 307 g/mol. The molecule has 1 N–H and O–H groups in total. The number of aliphatic imine (C=N–C) groups is 1. The van der Waals surface area contributed by atoms with Gasteiger partial charge >= 0.3 is 0 Å². The van der Waals surface area contributed by atoms with Crippen molar-refractivity contribution in [3.05, 3.63) is 11.1 Å². The lowest BCUT2D eigenvalue weighted by molar-refractivity contribution is 0.151. The Morgan fingerprint density at radius 2 is 2.29 bits per heavy atom. The first-order valence-electron chi connectivity index (χ1n) is 7.69. The van der Waals surface area contributed by atoms with Gasteiger partial charge in [0.25, 0.3) is 0 Å². The van der Waals surface area contributed by atoms with Gasteiger partial charge in [0.1, 0.15) is 0 Å². The van der Waals surface area contributed by atoms with Gasteiger partial charge in [-0.2, -0.15) is 0 Å². The maximum Gasteiger partial charge on any atom is 0.193 e. The van der Waals surface area contributed by atoms with E-state index >= 15 is 0 Å². The number of anilines is 1. The van der Waals surface area contributed by atoms with Crippen molar-refractivity contribution < 1.29 is 0 Å². The van der Waals surface area contributed by atoms with Crippen LogP contribution in [0.25, 0.3) is 0 Å². The Balaban J connectivity index is 1.55. The lowest BCUT2D eigenvalue weighted by atomic mass is 9.68. The standard InChI is InChI=1S/C15H25N5S/c1-16-13(20-8-7-15(11-20)5-4-6-15)17-9-12-10-21-14(18-12)19(2)3/h10H,4-9,11H2,1-3H3,(H,16,17). The number of nitrogens with one attached hydrogen (secondary N) is 1. The van der Waals surface area contributed by atoms with Crippen LogP contribution in [0.1, 0.15) is 31.4 Å². The highest BCUT2D eigenvalue weighted by Gasteiger charge is 2.43. The van der Waals surface area contributed by atoms with Crippen LogP contribution in [0.15, 0.2) is 10.4 Å². The molecule has 0 atom stereocenters. The van der Waals surface area contributed by atoms with Crippen molar-refractivity contribution in [2.24, 2.45) is 10.4 Å². The van der Waals surface area contributed by atoms with Gasteiger partial charge in [-0.1, -0.05) is 6.42 Å². The van der Waals surface area contributed by atoms with Crippen molar-refractivity contribution in [1.29, 1.82) is 0 Å². The van der Waals surface area contributed by atoms with Gasteiger partial charge in [-0.15, -0.1) is 11.3 Å². The van der Waals surface area contributed by atoms with Gasteiger partial charge < -0.3 is 15.1 Å². The summed E-state index contributed by atoms with van der Waals surface area (Å²) in [6.07, 6.45) is 5.54. The molecular formula is C15H25N5S. The molecule has 1 spiro atoms. The van der Waals surface area contributed by atoms with E-state index in [2.05, 4.69) is 25.6 Å². The second kappa shape index (κ2) is 5.83. The van der Waals surface area contributed by atoms with E-state index in [9.17, 15) is 0 Å². The Hall–Kier alpha value is -1.30. The minimum Gasteiger partial charge on any atom is -0.354 e. The zero-order chi connectivity index (χ0) is 14.9. The SMILES string of the molecule is CN=C(NCc1csc(N(C)C)n1)N1CCC2(CCC2)C1. The fourth-order valence-corrected chi connectivity index (χ4v) is 4.04. The average Bonchev–Trinajstić information content (AvgIpc) is 3.05. The Labute approximate surface area is 131 Å². The fourth-order valence-electron chi connectivity index (χ4n) is 3.29. The van der Waals surface area contributed by atoms with Gasteiger partial charge in [0.2, 0.25) is 0 Å². The smallest absolute Gasteiger partial charge is 0.193 e. The third kappa shape index (κ3) is 3.00. The van der Waals surface area contributed by atoms with E-state index in [1.807, 2.05) is 26.0 Å². The highest BCUT2D eigenvalue weighted by molar-refractivity contribution is 7.13. The molecule has 0 aromatic carbocycles. The summed E-state index contributed by atoms with van der Waals surface area (Å²) in [5, 5.41) is 6.64. The van der Waals surface area contributed by atoms with Crippen LogP contribution in [-0.4, -0.2) is 50.1 Å². The maximum atomic E-state index is 4.61. The van der Waals surface area contributed by atoms with Gasteiger partial charge in [-0.25, -0.2) is 4.98 Å². The molecule has 6 heteroatoms.